The van der Waals surface area contributed by atoms with E-state index in [4.69, 9.17) is 4.42 Å². The van der Waals surface area contributed by atoms with Crippen LogP contribution in [0.5, 0.6) is 0 Å². The Bertz CT molecular complexity index is 674. The van der Waals surface area contributed by atoms with Gasteiger partial charge in [-0.3, -0.25) is 0 Å². The molecule has 0 saturated carbocycles. The lowest BCUT2D eigenvalue weighted by molar-refractivity contribution is 0.273. The fourth-order valence-corrected chi connectivity index (χ4v) is 2.00. The van der Waals surface area contributed by atoms with Gasteiger partial charge < -0.3 is 9.52 Å². The van der Waals surface area contributed by atoms with Gasteiger partial charge in [0.15, 0.2) is 11.6 Å². The fraction of sp³-hybridized carbons (Fsp3) is 0.0769. The molecule has 3 heterocycles. The van der Waals surface area contributed by atoms with E-state index >= 15 is 0 Å². The van der Waals surface area contributed by atoms with Gasteiger partial charge in [-0.25, -0.2) is 9.67 Å². The van der Waals surface area contributed by atoms with Gasteiger partial charge in [0.25, 0.3) is 0 Å². The van der Waals surface area contributed by atoms with Crippen LogP contribution in [0.15, 0.2) is 51.7 Å². The van der Waals surface area contributed by atoms with Gasteiger partial charge in [0, 0.05) is 10.7 Å². The minimum atomic E-state index is -0.120. The summed E-state index contributed by atoms with van der Waals surface area (Å²) >= 11 is 3.33. The first-order chi connectivity index (χ1) is 9.28. The van der Waals surface area contributed by atoms with Crippen LogP contribution in [0, 0.1) is 0 Å². The molecule has 3 aromatic rings. The largest absolute Gasteiger partial charge is 0.463 e. The van der Waals surface area contributed by atoms with Crippen LogP contribution in [0.1, 0.15) is 5.69 Å². The monoisotopic (exact) mass is 319 g/mol. The lowest BCUT2D eigenvalue weighted by Crippen LogP contribution is -2.03. The average molecular weight is 320 g/mol. The maximum absolute atomic E-state index is 9.42. The normalized spacial score (nSPS) is 10.8. The topological polar surface area (TPSA) is 64.1 Å². The molecule has 1 N–H and O–H groups in total. The Balaban J connectivity index is 2.08. The first kappa shape index (κ1) is 12.1. The zero-order valence-corrected chi connectivity index (χ0v) is 11.4. The molecular weight excluding hydrogens is 310 g/mol. The van der Waals surface area contributed by atoms with Crippen molar-refractivity contribution >= 4 is 15.9 Å². The van der Waals surface area contributed by atoms with Crippen LogP contribution in [0.25, 0.3) is 17.3 Å². The predicted octanol–water partition coefficient (Wildman–Crippen LogP) is 2.78. The van der Waals surface area contributed by atoms with Crippen molar-refractivity contribution in [1.82, 2.24) is 14.8 Å². The molecule has 0 bridgehead atoms. The van der Waals surface area contributed by atoms with Crippen LogP contribution in [-0.2, 0) is 6.61 Å². The van der Waals surface area contributed by atoms with Gasteiger partial charge in [-0.15, -0.1) is 0 Å². The molecule has 0 unspecified atom stereocenters. The second kappa shape index (κ2) is 4.99. The van der Waals surface area contributed by atoms with Crippen molar-refractivity contribution in [2.45, 2.75) is 6.61 Å². The minimum absolute atomic E-state index is 0.120. The van der Waals surface area contributed by atoms with Crippen molar-refractivity contribution in [2.75, 3.05) is 0 Å². The first-order valence-corrected chi connectivity index (χ1v) is 6.43. The number of aliphatic hydroxyl groups excluding tert-OH is 1. The standard InChI is InChI=1S/C13H10BrN3O2/c14-9-3-4-13(15-7-9)17-10(8-18)6-11(16-17)12-2-1-5-19-12/h1-7,18H,8H2. The molecule has 0 radical (unpaired) electrons. The van der Waals surface area contributed by atoms with Crippen molar-refractivity contribution in [1.29, 1.82) is 0 Å². The van der Waals surface area contributed by atoms with Crippen molar-refractivity contribution in [2.24, 2.45) is 0 Å². The first-order valence-electron chi connectivity index (χ1n) is 5.63. The Morgan fingerprint density at radius 2 is 2.21 bits per heavy atom. The van der Waals surface area contributed by atoms with E-state index in [-0.39, 0.29) is 6.61 Å². The summed E-state index contributed by atoms with van der Waals surface area (Å²) in [7, 11) is 0. The Morgan fingerprint density at radius 3 is 2.84 bits per heavy atom. The Hall–Kier alpha value is -1.92. The average Bonchev–Trinajstić information content (AvgIpc) is 3.08. The van der Waals surface area contributed by atoms with Gasteiger partial charge in [0.1, 0.15) is 5.69 Å². The summed E-state index contributed by atoms with van der Waals surface area (Å²) in [5.41, 5.74) is 1.32. The molecular formula is C13H10BrN3O2. The summed E-state index contributed by atoms with van der Waals surface area (Å²) in [6, 6.07) is 9.09. The summed E-state index contributed by atoms with van der Waals surface area (Å²) in [4.78, 5) is 4.26. The maximum atomic E-state index is 9.42. The highest BCUT2D eigenvalue weighted by molar-refractivity contribution is 9.10. The molecule has 5 nitrogen and oxygen atoms in total. The molecule has 6 heteroatoms. The summed E-state index contributed by atoms with van der Waals surface area (Å²) in [6.07, 6.45) is 3.27. The third kappa shape index (κ3) is 2.32. The van der Waals surface area contributed by atoms with Gasteiger partial charge >= 0.3 is 0 Å². The smallest absolute Gasteiger partial charge is 0.154 e. The molecule has 96 valence electrons. The number of furan rings is 1. The van der Waals surface area contributed by atoms with Gasteiger partial charge in [-0.05, 0) is 46.3 Å². The number of rotatable bonds is 3. The zero-order chi connectivity index (χ0) is 13.2. The highest BCUT2D eigenvalue weighted by Gasteiger charge is 2.12. The van der Waals surface area contributed by atoms with Gasteiger partial charge in [0.05, 0.1) is 18.6 Å². The van der Waals surface area contributed by atoms with E-state index in [1.807, 2.05) is 18.2 Å². The van der Waals surface area contributed by atoms with Crippen LogP contribution in [-0.4, -0.2) is 19.9 Å². The van der Waals surface area contributed by atoms with E-state index in [1.54, 1.807) is 29.3 Å². The number of halogens is 1. The number of aromatic nitrogens is 3. The summed E-state index contributed by atoms with van der Waals surface area (Å²) < 4.78 is 7.79. The highest BCUT2D eigenvalue weighted by atomic mass is 79.9. The number of hydrogen-bond donors (Lipinski definition) is 1. The fourth-order valence-electron chi connectivity index (χ4n) is 1.77. The molecule has 0 fully saturated rings. The Morgan fingerprint density at radius 1 is 1.32 bits per heavy atom. The van der Waals surface area contributed by atoms with Gasteiger partial charge in [0.2, 0.25) is 0 Å². The second-order valence-corrected chi connectivity index (χ2v) is 4.82. The van der Waals surface area contributed by atoms with E-state index in [2.05, 4.69) is 26.0 Å². The van der Waals surface area contributed by atoms with Crippen LogP contribution >= 0.6 is 15.9 Å². The molecule has 3 aromatic heterocycles. The zero-order valence-electron chi connectivity index (χ0n) is 9.82. The van der Waals surface area contributed by atoms with E-state index in [9.17, 15) is 5.11 Å². The van der Waals surface area contributed by atoms with Crippen LogP contribution in [0.2, 0.25) is 0 Å². The quantitative estimate of drug-likeness (QED) is 0.806. The lowest BCUT2D eigenvalue weighted by atomic mass is 10.3. The van der Waals surface area contributed by atoms with Crippen molar-refractivity contribution < 1.29 is 9.52 Å². The van der Waals surface area contributed by atoms with Gasteiger partial charge in [-0.2, -0.15) is 5.10 Å². The Kier molecular flexibility index (Phi) is 3.18. The second-order valence-electron chi connectivity index (χ2n) is 3.90. The molecule has 0 aliphatic heterocycles. The number of pyridine rings is 1. The molecule has 0 atom stereocenters. The van der Waals surface area contributed by atoms with Crippen LogP contribution in [0.3, 0.4) is 0 Å². The van der Waals surface area contributed by atoms with Crippen molar-refractivity contribution in [3.05, 3.63) is 53.0 Å². The molecule has 0 aliphatic rings. The maximum Gasteiger partial charge on any atom is 0.154 e. The SMILES string of the molecule is OCc1cc(-c2ccco2)nn1-c1ccc(Br)cn1. The van der Waals surface area contributed by atoms with Crippen LogP contribution < -0.4 is 0 Å². The lowest BCUT2D eigenvalue weighted by Gasteiger charge is -2.03. The number of hydrogen-bond acceptors (Lipinski definition) is 4. The molecule has 0 spiro atoms. The van der Waals surface area contributed by atoms with E-state index in [0.29, 0.717) is 23.0 Å². The predicted molar refractivity (Wildman–Crippen MR) is 72.7 cm³/mol. The third-order valence-corrected chi connectivity index (χ3v) is 3.12. The molecule has 19 heavy (non-hydrogen) atoms. The molecule has 0 aromatic carbocycles. The summed E-state index contributed by atoms with van der Waals surface area (Å²) in [5, 5.41) is 13.8. The van der Waals surface area contributed by atoms with Crippen LogP contribution in [0.4, 0.5) is 0 Å². The van der Waals surface area contributed by atoms with E-state index in [0.717, 1.165) is 4.47 Å². The molecule has 0 amide bonds. The summed E-state index contributed by atoms with van der Waals surface area (Å²) in [6.45, 7) is -0.120. The third-order valence-electron chi connectivity index (χ3n) is 2.65. The van der Waals surface area contributed by atoms with E-state index < -0.39 is 0 Å². The van der Waals surface area contributed by atoms with Gasteiger partial charge in [-0.1, -0.05) is 0 Å². The number of nitrogens with zero attached hydrogens (tertiary/aromatic N) is 3. The van der Waals surface area contributed by atoms with Crippen molar-refractivity contribution in [3.8, 4) is 17.3 Å². The molecule has 0 saturated heterocycles. The molecule has 3 rings (SSSR count). The minimum Gasteiger partial charge on any atom is -0.463 e. The summed E-state index contributed by atoms with van der Waals surface area (Å²) in [5.74, 6) is 1.30. The molecule has 0 aliphatic carbocycles. The highest BCUT2D eigenvalue weighted by Crippen LogP contribution is 2.22. The Labute approximate surface area is 117 Å². The van der Waals surface area contributed by atoms with E-state index in [1.165, 1.54) is 0 Å². The number of aliphatic hydroxyl groups is 1. The van der Waals surface area contributed by atoms with Crippen molar-refractivity contribution in [3.63, 3.8) is 0 Å².